The number of ether oxygens (including phenoxy) is 2. The molecule has 226 valence electrons. The number of hydrogen-bond donors (Lipinski definition) is 2. The van der Waals surface area contributed by atoms with E-state index in [-0.39, 0.29) is 11.4 Å². The van der Waals surface area contributed by atoms with E-state index in [9.17, 15) is 17.2 Å². The molecule has 0 unspecified atom stereocenters. The maximum atomic E-state index is 13.6. The van der Waals surface area contributed by atoms with Gasteiger partial charge in [0.25, 0.3) is 6.43 Å². The number of hydrogen-bond acceptors (Lipinski definition) is 7. The van der Waals surface area contributed by atoms with Gasteiger partial charge in [0.1, 0.15) is 5.75 Å². The van der Waals surface area contributed by atoms with Crippen LogP contribution in [0.1, 0.15) is 31.4 Å². The summed E-state index contributed by atoms with van der Waals surface area (Å²) >= 11 is 0. The van der Waals surface area contributed by atoms with Crippen molar-refractivity contribution in [2.75, 3.05) is 56.8 Å². The van der Waals surface area contributed by atoms with Crippen LogP contribution in [-0.4, -0.2) is 82.6 Å². The molecule has 0 bridgehead atoms. The summed E-state index contributed by atoms with van der Waals surface area (Å²) in [5.41, 5.74) is 2.75. The molecule has 0 spiro atoms. The lowest BCUT2D eigenvalue weighted by atomic mass is 9.89. The molecule has 5 rings (SSSR count). The van der Waals surface area contributed by atoms with Gasteiger partial charge in [-0.2, -0.15) is 0 Å². The number of methoxy groups -OCH3 is 1. The molecule has 42 heavy (non-hydrogen) atoms. The van der Waals surface area contributed by atoms with Crippen LogP contribution in [0.3, 0.4) is 0 Å². The molecule has 2 heterocycles. The molecular weight excluding hydrogens is 562 g/mol. The predicted octanol–water partition coefficient (Wildman–Crippen LogP) is 4.84. The van der Waals surface area contributed by atoms with E-state index in [1.807, 2.05) is 24.3 Å². The third kappa shape index (κ3) is 7.17. The summed E-state index contributed by atoms with van der Waals surface area (Å²) in [5, 5.41) is 7.70. The number of morpholine rings is 1. The number of halogens is 2. The SMILES string of the molecule is COc1cc(S(C)(=O)=O)ccc1NCC#Cc1cc2c(NC3CCC(N4CCOCC4)CC3)cccc2n1CC(F)F. The standard InChI is InChI=1S/C31H38F2N4O4S/c1-40-30-20-25(42(2,38)39)12-13-28(30)34-14-4-5-24-19-26-27(6-3-7-29(26)37(24)21-31(32)33)35-22-8-10-23(11-9-22)36-15-17-41-18-16-36/h3,6-7,12-13,19-20,22-23,31,34-35H,8-11,14-18,21H2,1-2H3. The van der Waals surface area contributed by atoms with E-state index in [1.54, 1.807) is 10.6 Å². The molecule has 2 aromatic carbocycles. The molecule has 8 nitrogen and oxygen atoms in total. The first-order chi connectivity index (χ1) is 20.2. The van der Waals surface area contributed by atoms with Crippen molar-refractivity contribution in [2.45, 2.75) is 55.6 Å². The van der Waals surface area contributed by atoms with Crippen molar-refractivity contribution >= 4 is 32.1 Å². The Balaban J connectivity index is 1.30. The number of fused-ring (bicyclic) bond motifs is 1. The smallest absolute Gasteiger partial charge is 0.256 e. The lowest BCUT2D eigenvalue weighted by Gasteiger charge is -2.39. The van der Waals surface area contributed by atoms with Gasteiger partial charge in [-0.1, -0.05) is 12.0 Å². The molecule has 2 fully saturated rings. The van der Waals surface area contributed by atoms with E-state index in [0.29, 0.717) is 29.2 Å². The number of nitrogens with one attached hydrogen (secondary N) is 2. The number of aromatic nitrogens is 1. The number of benzene rings is 2. The summed E-state index contributed by atoms with van der Waals surface area (Å²) in [5.74, 6) is 6.46. The van der Waals surface area contributed by atoms with Crippen molar-refractivity contribution in [3.63, 3.8) is 0 Å². The van der Waals surface area contributed by atoms with Crippen LogP contribution in [0.2, 0.25) is 0 Å². The zero-order valence-electron chi connectivity index (χ0n) is 24.0. The van der Waals surface area contributed by atoms with Crippen molar-refractivity contribution in [3.8, 4) is 17.6 Å². The number of rotatable bonds is 9. The summed E-state index contributed by atoms with van der Waals surface area (Å²) in [6, 6.07) is 13.1. The summed E-state index contributed by atoms with van der Waals surface area (Å²) < 4.78 is 63.4. The maximum Gasteiger partial charge on any atom is 0.256 e. The lowest BCUT2D eigenvalue weighted by molar-refractivity contribution is 0.00791. The third-order valence-electron chi connectivity index (χ3n) is 8.07. The van der Waals surface area contributed by atoms with Crippen LogP contribution >= 0.6 is 0 Å². The monoisotopic (exact) mass is 600 g/mol. The Labute approximate surface area is 246 Å². The molecular formula is C31H38F2N4O4S. The summed E-state index contributed by atoms with van der Waals surface area (Å²) in [7, 11) is -1.91. The number of anilines is 2. The molecule has 2 aliphatic rings. The van der Waals surface area contributed by atoms with Crippen LogP contribution in [0.25, 0.3) is 10.9 Å². The largest absolute Gasteiger partial charge is 0.495 e. The van der Waals surface area contributed by atoms with E-state index in [0.717, 1.165) is 74.8 Å². The van der Waals surface area contributed by atoms with E-state index < -0.39 is 22.8 Å². The molecule has 11 heteroatoms. The Morgan fingerprint density at radius 1 is 1.07 bits per heavy atom. The van der Waals surface area contributed by atoms with E-state index >= 15 is 0 Å². The van der Waals surface area contributed by atoms with Gasteiger partial charge in [0.15, 0.2) is 9.84 Å². The van der Waals surface area contributed by atoms with Gasteiger partial charge in [0.2, 0.25) is 0 Å². The second kappa shape index (κ2) is 13.3. The molecule has 1 saturated carbocycles. The fourth-order valence-electron chi connectivity index (χ4n) is 5.92. The number of nitrogens with zero attached hydrogens (tertiary/aromatic N) is 2. The normalized spacial score (nSPS) is 19.8. The maximum absolute atomic E-state index is 13.6. The summed E-state index contributed by atoms with van der Waals surface area (Å²) in [6.07, 6.45) is 2.99. The first kappa shape index (κ1) is 30.1. The van der Waals surface area contributed by atoms with Gasteiger partial charge < -0.3 is 24.7 Å². The second-order valence-electron chi connectivity index (χ2n) is 10.9. The molecule has 1 aliphatic heterocycles. The van der Waals surface area contributed by atoms with Gasteiger partial charge in [-0.25, -0.2) is 17.2 Å². The highest BCUT2D eigenvalue weighted by Crippen LogP contribution is 2.32. The van der Waals surface area contributed by atoms with Gasteiger partial charge in [-0.3, -0.25) is 4.90 Å². The van der Waals surface area contributed by atoms with Crippen molar-refractivity contribution in [2.24, 2.45) is 0 Å². The quantitative estimate of drug-likeness (QED) is 0.340. The first-order valence-corrected chi connectivity index (χ1v) is 16.2. The topological polar surface area (TPSA) is 84.8 Å². The zero-order valence-corrected chi connectivity index (χ0v) is 24.9. The molecule has 1 saturated heterocycles. The van der Waals surface area contributed by atoms with Gasteiger partial charge in [-0.05, 0) is 61.9 Å². The Morgan fingerprint density at radius 2 is 1.83 bits per heavy atom. The Bertz CT molecular complexity index is 1550. The highest BCUT2D eigenvalue weighted by molar-refractivity contribution is 7.90. The summed E-state index contributed by atoms with van der Waals surface area (Å²) in [4.78, 5) is 2.70. The molecule has 3 aromatic rings. The highest BCUT2D eigenvalue weighted by Gasteiger charge is 2.27. The number of sulfone groups is 1. The van der Waals surface area contributed by atoms with Crippen LogP contribution in [-0.2, 0) is 21.1 Å². The second-order valence-corrected chi connectivity index (χ2v) is 12.9. The van der Waals surface area contributed by atoms with Gasteiger partial charge >= 0.3 is 0 Å². The van der Waals surface area contributed by atoms with Crippen LogP contribution in [0.4, 0.5) is 20.2 Å². The van der Waals surface area contributed by atoms with Crippen molar-refractivity contribution in [1.29, 1.82) is 0 Å². The average molecular weight is 601 g/mol. The molecule has 0 radical (unpaired) electrons. The third-order valence-corrected chi connectivity index (χ3v) is 9.18. The fraction of sp³-hybridized carbons (Fsp3) is 0.484. The minimum absolute atomic E-state index is 0.155. The molecule has 1 aromatic heterocycles. The summed E-state index contributed by atoms with van der Waals surface area (Å²) in [6.45, 7) is 3.38. The van der Waals surface area contributed by atoms with E-state index in [2.05, 4.69) is 27.4 Å². The Hall–Kier alpha value is -3.33. The molecule has 1 aliphatic carbocycles. The average Bonchev–Trinajstić information content (AvgIpc) is 3.33. The zero-order chi connectivity index (χ0) is 29.7. The minimum Gasteiger partial charge on any atom is -0.495 e. The predicted molar refractivity (Wildman–Crippen MR) is 161 cm³/mol. The van der Waals surface area contributed by atoms with Crippen LogP contribution < -0.4 is 15.4 Å². The molecule has 0 amide bonds. The minimum atomic E-state index is -3.37. The van der Waals surface area contributed by atoms with Crippen molar-refractivity contribution in [3.05, 3.63) is 48.2 Å². The van der Waals surface area contributed by atoms with Crippen molar-refractivity contribution in [1.82, 2.24) is 9.47 Å². The van der Waals surface area contributed by atoms with Gasteiger partial charge in [0, 0.05) is 48.6 Å². The van der Waals surface area contributed by atoms with Gasteiger partial charge in [-0.15, -0.1) is 0 Å². The van der Waals surface area contributed by atoms with Crippen molar-refractivity contribution < 1.29 is 26.7 Å². The van der Waals surface area contributed by atoms with E-state index in [4.69, 9.17) is 9.47 Å². The lowest BCUT2D eigenvalue weighted by Crippen LogP contribution is -2.46. The highest BCUT2D eigenvalue weighted by atomic mass is 32.2. The van der Waals surface area contributed by atoms with Crippen LogP contribution in [0.5, 0.6) is 5.75 Å². The Kier molecular flexibility index (Phi) is 9.56. The Morgan fingerprint density at radius 3 is 2.52 bits per heavy atom. The first-order valence-electron chi connectivity index (χ1n) is 14.3. The molecule has 0 atom stereocenters. The number of alkyl halides is 2. The fourth-order valence-corrected chi connectivity index (χ4v) is 6.56. The van der Waals surface area contributed by atoms with Crippen LogP contribution in [0.15, 0.2) is 47.4 Å². The van der Waals surface area contributed by atoms with E-state index in [1.165, 1.54) is 19.2 Å². The molecule has 2 N–H and O–H groups in total. The van der Waals surface area contributed by atoms with Gasteiger partial charge in [0.05, 0.1) is 55.2 Å². The van der Waals surface area contributed by atoms with Crippen LogP contribution in [0, 0.1) is 11.8 Å².